The fourth-order valence-corrected chi connectivity index (χ4v) is 3.46. The Morgan fingerprint density at radius 3 is 2.95 bits per heavy atom. The van der Waals surface area contributed by atoms with E-state index in [2.05, 4.69) is 59.2 Å². The Morgan fingerprint density at radius 1 is 1.29 bits per heavy atom. The normalized spacial score (nSPS) is 11.3. The topological polar surface area (TPSA) is 29.9 Å². The van der Waals surface area contributed by atoms with Crippen LogP contribution < -0.4 is 5.32 Å². The highest BCUT2D eigenvalue weighted by molar-refractivity contribution is 7.11. The van der Waals surface area contributed by atoms with E-state index in [1.165, 1.54) is 21.3 Å². The lowest BCUT2D eigenvalue weighted by molar-refractivity contribution is 0.675. The van der Waals surface area contributed by atoms with E-state index >= 15 is 0 Å². The van der Waals surface area contributed by atoms with Gasteiger partial charge >= 0.3 is 0 Å². The van der Waals surface area contributed by atoms with Crippen LogP contribution in [0, 0.1) is 6.92 Å². The van der Waals surface area contributed by atoms with Gasteiger partial charge in [0.15, 0.2) is 0 Å². The fraction of sp³-hybridized carbons (Fsp3) is 0.353. The summed E-state index contributed by atoms with van der Waals surface area (Å²) in [5.74, 6) is 0. The molecule has 0 amide bonds. The highest BCUT2D eigenvalue weighted by atomic mass is 32.1. The van der Waals surface area contributed by atoms with E-state index in [1.807, 2.05) is 6.20 Å². The lowest BCUT2D eigenvalue weighted by Gasteiger charge is -2.10. The van der Waals surface area contributed by atoms with Gasteiger partial charge in [-0.15, -0.1) is 11.3 Å². The van der Waals surface area contributed by atoms with Crippen LogP contribution in [0.15, 0.2) is 36.7 Å². The average Bonchev–Trinajstić information content (AvgIpc) is 3.07. The fourth-order valence-electron chi connectivity index (χ4n) is 2.66. The number of aryl methyl sites for hydroxylation is 1. The van der Waals surface area contributed by atoms with Crippen LogP contribution >= 0.6 is 11.3 Å². The van der Waals surface area contributed by atoms with Gasteiger partial charge in [0, 0.05) is 23.8 Å². The Morgan fingerprint density at radius 2 is 2.19 bits per heavy atom. The van der Waals surface area contributed by atoms with Crippen molar-refractivity contribution in [1.82, 2.24) is 14.9 Å². The number of thiazole rings is 1. The van der Waals surface area contributed by atoms with Gasteiger partial charge in [0.25, 0.3) is 0 Å². The summed E-state index contributed by atoms with van der Waals surface area (Å²) in [6.07, 6.45) is 5.34. The first kappa shape index (κ1) is 14.3. The summed E-state index contributed by atoms with van der Waals surface area (Å²) in [5.41, 5.74) is 2.71. The molecule has 0 saturated heterocycles. The number of aromatic nitrogens is 2. The second kappa shape index (κ2) is 6.41. The molecule has 0 radical (unpaired) electrons. The largest absolute Gasteiger partial charge is 0.342 e. The minimum atomic E-state index is 0.903. The van der Waals surface area contributed by atoms with E-state index < -0.39 is 0 Å². The molecule has 0 aliphatic rings. The van der Waals surface area contributed by atoms with Gasteiger partial charge in [-0.25, -0.2) is 4.98 Å². The average molecular weight is 299 g/mol. The van der Waals surface area contributed by atoms with E-state index in [-0.39, 0.29) is 0 Å². The summed E-state index contributed by atoms with van der Waals surface area (Å²) in [5, 5.41) is 5.95. The molecule has 0 fully saturated rings. The maximum atomic E-state index is 4.35. The van der Waals surface area contributed by atoms with Crippen LogP contribution in [0.1, 0.15) is 28.8 Å². The van der Waals surface area contributed by atoms with Crippen molar-refractivity contribution < 1.29 is 0 Å². The molecule has 1 aromatic carbocycles. The second-order valence-corrected chi connectivity index (χ2v) is 6.64. The van der Waals surface area contributed by atoms with E-state index in [0.717, 1.165) is 31.1 Å². The van der Waals surface area contributed by atoms with Gasteiger partial charge in [-0.1, -0.05) is 25.1 Å². The van der Waals surface area contributed by atoms with Gasteiger partial charge in [-0.05, 0) is 36.9 Å². The van der Waals surface area contributed by atoms with Crippen molar-refractivity contribution >= 4 is 22.2 Å². The number of rotatable bonds is 6. The quantitative estimate of drug-likeness (QED) is 0.698. The van der Waals surface area contributed by atoms with Crippen molar-refractivity contribution in [2.24, 2.45) is 0 Å². The molecule has 0 aliphatic heterocycles. The molecule has 2 aromatic heterocycles. The van der Waals surface area contributed by atoms with Crippen molar-refractivity contribution in [2.75, 3.05) is 6.54 Å². The smallest absolute Gasteiger partial charge is 0.0897 e. The first-order valence-electron chi connectivity index (χ1n) is 7.46. The van der Waals surface area contributed by atoms with Crippen LogP contribution in [0.3, 0.4) is 0 Å². The molecule has 0 bridgehead atoms. The van der Waals surface area contributed by atoms with Gasteiger partial charge in [-0.3, -0.25) is 0 Å². The van der Waals surface area contributed by atoms with Crippen LogP contribution in [0.5, 0.6) is 0 Å². The zero-order valence-electron chi connectivity index (χ0n) is 12.6. The van der Waals surface area contributed by atoms with E-state index in [1.54, 1.807) is 11.3 Å². The first-order chi connectivity index (χ1) is 10.3. The molecule has 1 N–H and O–H groups in total. The summed E-state index contributed by atoms with van der Waals surface area (Å²) in [6, 6.07) is 8.76. The Bertz CT molecular complexity index is 727. The number of fused-ring (bicyclic) bond motifs is 1. The van der Waals surface area contributed by atoms with Crippen molar-refractivity contribution in [1.29, 1.82) is 0 Å². The Hall–Kier alpha value is -1.65. The predicted molar refractivity (Wildman–Crippen MR) is 89.9 cm³/mol. The third kappa shape index (κ3) is 3.17. The molecular weight excluding hydrogens is 278 g/mol. The van der Waals surface area contributed by atoms with Crippen molar-refractivity contribution in [3.8, 4) is 0 Å². The molecule has 0 atom stereocenters. The number of hydrogen-bond acceptors (Lipinski definition) is 3. The summed E-state index contributed by atoms with van der Waals surface area (Å²) in [6.45, 7) is 7.15. The van der Waals surface area contributed by atoms with Gasteiger partial charge in [0.05, 0.1) is 17.1 Å². The number of nitrogens with one attached hydrogen (secondary N) is 1. The zero-order valence-corrected chi connectivity index (χ0v) is 13.4. The van der Waals surface area contributed by atoms with Gasteiger partial charge in [-0.2, -0.15) is 0 Å². The SMILES string of the molecule is CCCNCc1cccc2ccn(Cc3cnc(C)s3)c12. The predicted octanol–water partition coefficient (Wildman–Crippen LogP) is 3.95. The van der Waals surface area contributed by atoms with E-state index in [9.17, 15) is 0 Å². The molecule has 0 saturated carbocycles. The maximum Gasteiger partial charge on any atom is 0.0897 e. The standard InChI is InChI=1S/C17H21N3S/c1-3-8-18-10-15-6-4-5-14-7-9-20(17(14)15)12-16-11-19-13(2)21-16/h4-7,9,11,18H,3,8,10,12H2,1-2H3. The Labute approximate surface area is 129 Å². The molecular formula is C17H21N3S. The molecule has 2 heterocycles. The van der Waals surface area contributed by atoms with Crippen LogP contribution in [0.4, 0.5) is 0 Å². The van der Waals surface area contributed by atoms with E-state index in [4.69, 9.17) is 0 Å². The molecule has 3 aromatic rings. The first-order valence-corrected chi connectivity index (χ1v) is 8.28. The Balaban J connectivity index is 1.91. The number of benzene rings is 1. The van der Waals surface area contributed by atoms with Crippen molar-refractivity contribution in [3.05, 3.63) is 52.1 Å². The Kier molecular flexibility index (Phi) is 4.36. The zero-order chi connectivity index (χ0) is 14.7. The van der Waals surface area contributed by atoms with E-state index in [0.29, 0.717) is 0 Å². The maximum absolute atomic E-state index is 4.35. The van der Waals surface area contributed by atoms with Crippen LogP contribution in [0.25, 0.3) is 10.9 Å². The number of nitrogens with zero attached hydrogens (tertiary/aromatic N) is 2. The molecule has 3 nitrogen and oxygen atoms in total. The van der Waals surface area contributed by atoms with Crippen LogP contribution in [0.2, 0.25) is 0 Å². The molecule has 0 aliphatic carbocycles. The third-order valence-electron chi connectivity index (χ3n) is 3.61. The summed E-state index contributed by atoms with van der Waals surface area (Å²) < 4.78 is 2.34. The molecule has 0 spiro atoms. The van der Waals surface area contributed by atoms with Gasteiger partial charge < -0.3 is 9.88 Å². The van der Waals surface area contributed by atoms with Crippen molar-refractivity contribution in [3.63, 3.8) is 0 Å². The minimum Gasteiger partial charge on any atom is -0.342 e. The third-order valence-corrected chi connectivity index (χ3v) is 4.51. The second-order valence-electron chi connectivity index (χ2n) is 5.32. The molecule has 110 valence electrons. The lowest BCUT2D eigenvalue weighted by Crippen LogP contribution is -2.14. The summed E-state index contributed by atoms with van der Waals surface area (Å²) in [7, 11) is 0. The minimum absolute atomic E-state index is 0.903. The summed E-state index contributed by atoms with van der Waals surface area (Å²) >= 11 is 1.77. The highest BCUT2D eigenvalue weighted by Crippen LogP contribution is 2.23. The molecule has 21 heavy (non-hydrogen) atoms. The molecule has 0 unspecified atom stereocenters. The van der Waals surface area contributed by atoms with Gasteiger partial charge in [0.2, 0.25) is 0 Å². The lowest BCUT2D eigenvalue weighted by atomic mass is 10.1. The summed E-state index contributed by atoms with van der Waals surface area (Å²) in [4.78, 5) is 5.66. The number of para-hydroxylation sites is 1. The van der Waals surface area contributed by atoms with Crippen molar-refractivity contribution in [2.45, 2.75) is 33.4 Å². The highest BCUT2D eigenvalue weighted by Gasteiger charge is 2.08. The monoisotopic (exact) mass is 299 g/mol. The number of hydrogen-bond donors (Lipinski definition) is 1. The van der Waals surface area contributed by atoms with Gasteiger partial charge in [0.1, 0.15) is 0 Å². The van der Waals surface area contributed by atoms with Crippen LogP contribution in [-0.2, 0) is 13.1 Å². The molecule has 4 heteroatoms. The van der Waals surface area contributed by atoms with Crippen LogP contribution in [-0.4, -0.2) is 16.1 Å². The molecule has 3 rings (SSSR count).